The molecule has 0 unspecified atom stereocenters. The molecule has 0 aliphatic carbocycles. The SMILES string of the molecule is COc1ccc(C(=O)c2ccc(Br)c(C)c2)c(F)c1. The summed E-state index contributed by atoms with van der Waals surface area (Å²) in [6, 6.07) is 9.40. The molecule has 0 saturated carbocycles. The van der Waals surface area contributed by atoms with Crippen LogP contribution in [0.1, 0.15) is 21.5 Å². The number of benzene rings is 2. The van der Waals surface area contributed by atoms with Gasteiger partial charge in [-0.15, -0.1) is 0 Å². The number of carbonyl (C=O) groups excluding carboxylic acids is 1. The van der Waals surface area contributed by atoms with Gasteiger partial charge in [-0.1, -0.05) is 15.9 Å². The fraction of sp³-hybridized carbons (Fsp3) is 0.133. The minimum atomic E-state index is -0.579. The van der Waals surface area contributed by atoms with E-state index in [9.17, 15) is 9.18 Å². The summed E-state index contributed by atoms with van der Waals surface area (Å²) in [7, 11) is 1.45. The van der Waals surface area contributed by atoms with Crippen molar-refractivity contribution in [1.82, 2.24) is 0 Å². The molecule has 0 saturated heterocycles. The van der Waals surface area contributed by atoms with E-state index in [1.54, 1.807) is 24.3 Å². The van der Waals surface area contributed by atoms with E-state index < -0.39 is 5.82 Å². The van der Waals surface area contributed by atoms with Crippen LogP contribution in [-0.4, -0.2) is 12.9 Å². The Labute approximate surface area is 119 Å². The molecular formula is C15H12BrFO2. The molecule has 98 valence electrons. The third-order valence-electron chi connectivity index (χ3n) is 2.84. The standard InChI is InChI=1S/C15H12BrFO2/c1-9-7-10(3-6-13(9)16)15(18)12-5-4-11(19-2)8-14(12)17/h3-8H,1-2H3. The lowest BCUT2D eigenvalue weighted by Gasteiger charge is -2.06. The minimum absolute atomic E-state index is 0.0440. The van der Waals surface area contributed by atoms with Crippen LogP contribution >= 0.6 is 15.9 Å². The van der Waals surface area contributed by atoms with E-state index in [1.807, 2.05) is 6.92 Å². The van der Waals surface area contributed by atoms with Crippen LogP contribution in [-0.2, 0) is 0 Å². The number of hydrogen-bond acceptors (Lipinski definition) is 2. The van der Waals surface area contributed by atoms with E-state index in [0.717, 1.165) is 10.0 Å². The van der Waals surface area contributed by atoms with E-state index in [2.05, 4.69) is 15.9 Å². The Hall–Kier alpha value is -1.68. The van der Waals surface area contributed by atoms with Gasteiger partial charge in [-0.3, -0.25) is 4.79 Å². The van der Waals surface area contributed by atoms with Crippen LogP contribution in [0.25, 0.3) is 0 Å². The molecule has 0 heterocycles. The number of ether oxygens (including phenoxy) is 1. The lowest BCUT2D eigenvalue weighted by molar-refractivity contribution is 0.103. The maximum absolute atomic E-state index is 13.8. The zero-order valence-corrected chi connectivity index (χ0v) is 12.1. The van der Waals surface area contributed by atoms with Crippen molar-refractivity contribution in [2.45, 2.75) is 6.92 Å². The maximum Gasteiger partial charge on any atom is 0.195 e. The topological polar surface area (TPSA) is 26.3 Å². The van der Waals surface area contributed by atoms with Crippen LogP contribution in [0, 0.1) is 12.7 Å². The number of methoxy groups -OCH3 is 1. The molecule has 0 radical (unpaired) electrons. The van der Waals surface area contributed by atoms with Gasteiger partial charge in [0, 0.05) is 16.1 Å². The minimum Gasteiger partial charge on any atom is -0.497 e. The predicted octanol–water partition coefficient (Wildman–Crippen LogP) is 4.14. The fourth-order valence-corrected chi connectivity index (χ4v) is 2.00. The number of ketones is 1. The van der Waals surface area contributed by atoms with E-state index >= 15 is 0 Å². The van der Waals surface area contributed by atoms with Crippen LogP contribution in [0.5, 0.6) is 5.75 Å². The highest BCUT2D eigenvalue weighted by Crippen LogP contribution is 2.22. The summed E-state index contributed by atoms with van der Waals surface area (Å²) in [5, 5.41) is 0. The summed E-state index contributed by atoms with van der Waals surface area (Å²) in [6.45, 7) is 1.88. The maximum atomic E-state index is 13.8. The quantitative estimate of drug-likeness (QED) is 0.794. The molecular weight excluding hydrogens is 311 g/mol. The van der Waals surface area contributed by atoms with Gasteiger partial charge in [0.25, 0.3) is 0 Å². The lowest BCUT2D eigenvalue weighted by Crippen LogP contribution is -2.05. The third-order valence-corrected chi connectivity index (χ3v) is 3.73. The summed E-state index contributed by atoms with van der Waals surface area (Å²) >= 11 is 3.37. The average Bonchev–Trinajstić information content (AvgIpc) is 2.41. The molecule has 0 aromatic heterocycles. The highest BCUT2D eigenvalue weighted by Gasteiger charge is 2.15. The van der Waals surface area contributed by atoms with Crippen molar-refractivity contribution in [2.24, 2.45) is 0 Å². The summed E-state index contributed by atoms with van der Waals surface area (Å²) in [4.78, 5) is 12.2. The molecule has 0 spiro atoms. The van der Waals surface area contributed by atoms with Crippen molar-refractivity contribution in [3.63, 3.8) is 0 Å². The Morgan fingerprint density at radius 1 is 1.21 bits per heavy atom. The van der Waals surface area contributed by atoms with Gasteiger partial charge in [0.1, 0.15) is 11.6 Å². The molecule has 2 aromatic rings. The highest BCUT2D eigenvalue weighted by molar-refractivity contribution is 9.10. The first kappa shape index (κ1) is 13.7. The summed E-state index contributed by atoms with van der Waals surface area (Å²) < 4.78 is 19.7. The van der Waals surface area contributed by atoms with E-state index in [0.29, 0.717) is 11.3 Å². The van der Waals surface area contributed by atoms with Gasteiger partial charge in [0.05, 0.1) is 12.7 Å². The first-order valence-electron chi connectivity index (χ1n) is 5.67. The van der Waals surface area contributed by atoms with Crippen molar-refractivity contribution in [3.8, 4) is 5.75 Å². The van der Waals surface area contributed by atoms with Crippen LogP contribution in [0.15, 0.2) is 40.9 Å². The third kappa shape index (κ3) is 2.84. The second-order valence-electron chi connectivity index (χ2n) is 4.14. The van der Waals surface area contributed by atoms with Gasteiger partial charge < -0.3 is 4.74 Å². The normalized spacial score (nSPS) is 10.3. The molecule has 0 N–H and O–H groups in total. The molecule has 0 bridgehead atoms. The monoisotopic (exact) mass is 322 g/mol. The number of rotatable bonds is 3. The predicted molar refractivity (Wildman–Crippen MR) is 75.3 cm³/mol. The van der Waals surface area contributed by atoms with Crippen LogP contribution in [0.2, 0.25) is 0 Å². The van der Waals surface area contributed by atoms with Gasteiger partial charge >= 0.3 is 0 Å². The summed E-state index contributed by atoms with van der Waals surface area (Å²) in [5.41, 5.74) is 1.44. The van der Waals surface area contributed by atoms with Gasteiger partial charge in [0.15, 0.2) is 5.78 Å². The number of aryl methyl sites for hydroxylation is 1. The first-order valence-corrected chi connectivity index (χ1v) is 6.46. The molecule has 2 rings (SSSR count). The van der Waals surface area contributed by atoms with E-state index in [4.69, 9.17) is 4.74 Å². The van der Waals surface area contributed by atoms with Crippen LogP contribution < -0.4 is 4.74 Å². The molecule has 4 heteroatoms. The average molecular weight is 323 g/mol. The summed E-state index contributed by atoms with van der Waals surface area (Å²) in [5.74, 6) is -0.526. The zero-order valence-electron chi connectivity index (χ0n) is 10.5. The number of carbonyl (C=O) groups is 1. The largest absolute Gasteiger partial charge is 0.497 e. The Balaban J connectivity index is 2.41. The second kappa shape index (κ2) is 5.53. The van der Waals surface area contributed by atoms with Gasteiger partial charge in [-0.2, -0.15) is 0 Å². The van der Waals surface area contributed by atoms with Gasteiger partial charge in [-0.25, -0.2) is 4.39 Å². The molecule has 0 aliphatic rings. The van der Waals surface area contributed by atoms with Crippen molar-refractivity contribution in [2.75, 3.05) is 7.11 Å². The Kier molecular flexibility index (Phi) is 4.00. The Morgan fingerprint density at radius 3 is 2.53 bits per heavy atom. The molecule has 19 heavy (non-hydrogen) atoms. The van der Waals surface area contributed by atoms with E-state index in [-0.39, 0.29) is 11.3 Å². The van der Waals surface area contributed by atoms with Crippen molar-refractivity contribution >= 4 is 21.7 Å². The Morgan fingerprint density at radius 2 is 1.95 bits per heavy atom. The van der Waals surface area contributed by atoms with Crippen molar-refractivity contribution in [3.05, 3.63) is 63.4 Å². The highest BCUT2D eigenvalue weighted by atomic mass is 79.9. The van der Waals surface area contributed by atoms with Crippen molar-refractivity contribution in [1.29, 1.82) is 0 Å². The number of hydrogen-bond donors (Lipinski definition) is 0. The molecule has 2 nitrogen and oxygen atoms in total. The molecule has 0 fully saturated rings. The molecule has 0 aliphatic heterocycles. The Bertz CT molecular complexity index is 638. The van der Waals surface area contributed by atoms with Gasteiger partial charge in [-0.05, 0) is 42.8 Å². The molecule has 2 aromatic carbocycles. The van der Waals surface area contributed by atoms with Crippen LogP contribution in [0.3, 0.4) is 0 Å². The fourth-order valence-electron chi connectivity index (χ4n) is 1.75. The van der Waals surface area contributed by atoms with Crippen molar-refractivity contribution < 1.29 is 13.9 Å². The smallest absolute Gasteiger partial charge is 0.195 e. The molecule has 0 atom stereocenters. The zero-order chi connectivity index (χ0) is 14.0. The number of halogens is 2. The molecule has 0 amide bonds. The lowest BCUT2D eigenvalue weighted by atomic mass is 10.0. The second-order valence-corrected chi connectivity index (χ2v) is 4.99. The van der Waals surface area contributed by atoms with E-state index in [1.165, 1.54) is 19.2 Å². The summed E-state index contributed by atoms with van der Waals surface area (Å²) in [6.07, 6.45) is 0. The van der Waals surface area contributed by atoms with Crippen LogP contribution in [0.4, 0.5) is 4.39 Å². The van der Waals surface area contributed by atoms with Gasteiger partial charge in [0.2, 0.25) is 0 Å². The first-order chi connectivity index (χ1) is 9.02.